The number of hydrogen-bond acceptors (Lipinski definition) is 10. The highest BCUT2D eigenvalue weighted by molar-refractivity contribution is 6.08. The lowest BCUT2D eigenvalue weighted by Crippen LogP contribution is -2.32. The molecular weight excluding hydrogens is 841 g/mol. The lowest BCUT2D eigenvalue weighted by Gasteiger charge is -2.10. The molecule has 0 radical (unpaired) electrons. The van der Waals surface area contributed by atoms with E-state index in [1.165, 1.54) is 33.7 Å². The fraction of sp³-hybridized carbons (Fsp3) is 0.310. The first-order chi connectivity index (χ1) is 30.9. The van der Waals surface area contributed by atoms with E-state index in [0.717, 1.165) is 0 Å². The third kappa shape index (κ3) is 11.4. The van der Waals surface area contributed by atoms with Gasteiger partial charge in [-0.15, -0.1) is 0 Å². The van der Waals surface area contributed by atoms with Gasteiger partial charge in [-0.05, 0) is 50.8 Å². The Hall–Kier alpha value is -8.21. The highest BCUT2D eigenvalue weighted by Gasteiger charge is 2.22. The Morgan fingerprint density at radius 1 is 0.508 bits per heavy atom. The Kier molecular flexibility index (Phi) is 14.2. The van der Waals surface area contributed by atoms with Crippen molar-refractivity contribution in [3.63, 3.8) is 0 Å². The van der Waals surface area contributed by atoms with Crippen LogP contribution in [0.4, 0.5) is 28.7 Å². The van der Waals surface area contributed by atoms with Crippen LogP contribution in [0, 0.1) is 0 Å². The van der Waals surface area contributed by atoms with Gasteiger partial charge in [0, 0.05) is 106 Å². The highest BCUT2D eigenvalue weighted by Crippen LogP contribution is 2.20. The number of carbonyl (C=O) groups is 7. The average Bonchev–Trinajstić information content (AvgIpc) is 4.10. The summed E-state index contributed by atoms with van der Waals surface area (Å²) in [5.74, 6) is -2.75. The zero-order valence-corrected chi connectivity index (χ0v) is 37.3. The SMILES string of the molecule is CN(C)CCNC(=O)c1cc(NC(=O)c2cc(NC(=O)c3cc(NC(=O)CCCNC(=O)c4nc(NC(=O)c5nc(NC(=O)c6cccn6C)cn5C)cn4C)cn3C)cn2C)cn1C. The minimum atomic E-state index is -0.611. The van der Waals surface area contributed by atoms with Crippen LogP contribution in [0.3, 0.4) is 0 Å². The van der Waals surface area contributed by atoms with E-state index in [0.29, 0.717) is 41.5 Å². The number of hydrogen-bond donors (Lipinski definition) is 7. The molecule has 0 bridgehead atoms. The van der Waals surface area contributed by atoms with Gasteiger partial charge in [-0.25, -0.2) is 9.97 Å². The van der Waals surface area contributed by atoms with Crippen LogP contribution in [0.5, 0.6) is 0 Å². The normalized spacial score (nSPS) is 11.0. The maximum atomic E-state index is 13.3. The Morgan fingerprint density at radius 2 is 0.969 bits per heavy atom. The van der Waals surface area contributed by atoms with Gasteiger partial charge in [0.15, 0.2) is 11.6 Å². The molecule has 6 rings (SSSR count). The number of amides is 7. The molecule has 0 saturated carbocycles. The molecule has 6 heterocycles. The Bertz CT molecular complexity index is 2780. The number of likely N-dealkylation sites (N-methyl/N-ethyl adjacent to an activating group) is 1. The largest absolute Gasteiger partial charge is 0.349 e. The van der Waals surface area contributed by atoms with Crippen molar-refractivity contribution in [2.75, 3.05) is 60.3 Å². The first-order valence-corrected chi connectivity index (χ1v) is 20.3. The van der Waals surface area contributed by atoms with Gasteiger partial charge in [0.05, 0.1) is 17.1 Å². The van der Waals surface area contributed by atoms with E-state index in [4.69, 9.17) is 0 Å². The molecule has 6 aromatic rings. The van der Waals surface area contributed by atoms with E-state index >= 15 is 0 Å². The number of aromatic nitrogens is 8. The lowest BCUT2D eigenvalue weighted by atomic mass is 10.3. The number of carbonyl (C=O) groups excluding carboxylic acids is 7. The summed E-state index contributed by atoms with van der Waals surface area (Å²) in [6, 6.07) is 8.01. The first-order valence-electron chi connectivity index (χ1n) is 20.3. The van der Waals surface area contributed by atoms with Crippen molar-refractivity contribution in [3.05, 3.63) is 102 Å². The second-order valence-corrected chi connectivity index (χ2v) is 15.6. The molecule has 0 aliphatic heterocycles. The van der Waals surface area contributed by atoms with Crippen molar-refractivity contribution in [1.82, 2.24) is 52.9 Å². The van der Waals surface area contributed by atoms with Crippen LogP contribution in [-0.4, -0.2) is 117 Å². The molecule has 0 atom stereocenters. The van der Waals surface area contributed by atoms with Gasteiger partial charge in [-0.1, -0.05) is 0 Å². The molecule has 7 N–H and O–H groups in total. The summed E-state index contributed by atoms with van der Waals surface area (Å²) in [6.07, 6.45) is 9.85. The van der Waals surface area contributed by atoms with Gasteiger partial charge in [0.1, 0.15) is 22.8 Å². The summed E-state index contributed by atoms with van der Waals surface area (Å²) in [7, 11) is 13.8. The second-order valence-electron chi connectivity index (χ2n) is 15.6. The quantitative estimate of drug-likeness (QED) is 0.0617. The number of anilines is 5. The maximum Gasteiger partial charge on any atom is 0.292 e. The van der Waals surface area contributed by atoms with Gasteiger partial charge in [-0.2, -0.15) is 0 Å². The van der Waals surface area contributed by atoms with Crippen LogP contribution < -0.4 is 37.2 Å². The van der Waals surface area contributed by atoms with Crippen molar-refractivity contribution in [1.29, 1.82) is 0 Å². The van der Waals surface area contributed by atoms with E-state index < -0.39 is 23.6 Å². The van der Waals surface area contributed by atoms with Crippen LogP contribution >= 0.6 is 0 Å². The van der Waals surface area contributed by atoms with Crippen LogP contribution in [0.25, 0.3) is 0 Å². The van der Waals surface area contributed by atoms with Crippen molar-refractivity contribution in [2.45, 2.75) is 12.8 Å². The molecule has 65 heavy (non-hydrogen) atoms. The second kappa shape index (κ2) is 19.9. The summed E-state index contributed by atoms with van der Waals surface area (Å²) >= 11 is 0. The molecule has 0 aliphatic rings. The predicted octanol–water partition coefficient (Wildman–Crippen LogP) is 1.96. The minimum absolute atomic E-state index is 0.00109. The molecule has 0 aliphatic carbocycles. The van der Waals surface area contributed by atoms with Crippen molar-refractivity contribution in [3.8, 4) is 0 Å². The van der Waals surface area contributed by atoms with Crippen molar-refractivity contribution < 1.29 is 33.6 Å². The summed E-state index contributed by atoms with van der Waals surface area (Å²) in [6.45, 7) is 1.30. The molecule has 23 nitrogen and oxygen atoms in total. The van der Waals surface area contributed by atoms with Crippen LogP contribution in [-0.2, 0) is 47.1 Å². The predicted molar refractivity (Wildman–Crippen MR) is 241 cm³/mol. The van der Waals surface area contributed by atoms with Crippen molar-refractivity contribution in [2.24, 2.45) is 42.3 Å². The number of aryl methyl sites for hydroxylation is 6. The van der Waals surface area contributed by atoms with Gasteiger partial charge < -0.3 is 69.5 Å². The monoisotopic (exact) mass is 892 g/mol. The first kappa shape index (κ1) is 46.3. The molecule has 7 amide bonds. The van der Waals surface area contributed by atoms with E-state index in [1.54, 1.807) is 104 Å². The maximum absolute atomic E-state index is 13.3. The lowest BCUT2D eigenvalue weighted by molar-refractivity contribution is -0.116. The molecule has 0 aromatic carbocycles. The fourth-order valence-corrected chi connectivity index (χ4v) is 6.73. The summed E-state index contributed by atoms with van der Waals surface area (Å²) in [5.41, 5.74) is 2.48. The number of rotatable bonds is 18. The van der Waals surface area contributed by atoms with Crippen molar-refractivity contribution >= 4 is 70.0 Å². The molecule has 0 fully saturated rings. The molecule has 0 unspecified atom stereocenters. The summed E-state index contributed by atoms with van der Waals surface area (Å²) < 4.78 is 9.28. The number of imidazole rings is 2. The Labute approximate surface area is 373 Å². The number of nitrogens with zero attached hydrogens (tertiary/aromatic N) is 9. The molecule has 0 spiro atoms. The third-order valence-corrected chi connectivity index (χ3v) is 10.0. The fourth-order valence-electron chi connectivity index (χ4n) is 6.73. The van der Waals surface area contributed by atoms with E-state index in [-0.39, 0.29) is 71.8 Å². The van der Waals surface area contributed by atoms with Gasteiger partial charge >= 0.3 is 0 Å². The molecule has 23 heteroatoms. The zero-order chi connectivity index (χ0) is 47.1. The summed E-state index contributed by atoms with van der Waals surface area (Å²) in [5, 5.41) is 19.2. The van der Waals surface area contributed by atoms with E-state index in [9.17, 15) is 33.6 Å². The standard InChI is InChI=1S/C42H52N16O7/c1-52(2)16-14-44-37(60)29-18-26(21-54(29)4)46-40(63)31-19-27(22-56(31)6)47-39(62)30-17-25(20-55(30)5)45-34(59)12-9-13-43-41(64)35-48-33(24-57(35)7)51-42(65)36-49-32(23-58(36)8)50-38(61)28-11-10-15-53(28)3/h10-11,15,17-24H,9,12-14,16H2,1-8H3,(H,43,64)(H,44,60)(H,45,59)(H,46,63)(H,47,62)(H,50,61)(H,51,65). The van der Waals surface area contributed by atoms with E-state index in [2.05, 4.69) is 47.2 Å². The van der Waals surface area contributed by atoms with Gasteiger partial charge in [0.2, 0.25) is 17.6 Å². The minimum Gasteiger partial charge on any atom is -0.349 e. The molecule has 6 aromatic heterocycles. The molecule has 342 valence electrons. The third-order valence-electron chi connectivity index (χ3n) is 10.0. The van der Waals surface area contributed by atoms with Crippen LogP contribution in [0.15, 0.2) is 67.5 Å². The Balaban J connectivity index is 0.937. The Morgan fingerprint density at radius 3 is 1.48 bits per heavy atom. The van der Waals surface area contributed by atoms with Crippen LogP contribution in [0.1, 0.15) is 76.0 Å². The van der Waals surface area contributed by atoms with Gasteiger partial charge in [0.25, 0.3) is 35.4 Å². The molecular formula is C42H52N16O7. The summed E-state index contributed by atoms with van der Waals surface area (Å²) in [4.78, 5) is 101. The zero-order valence-electron chi connectivity index (χ0n) is 37.3. The number of nitrogens with one attached hydrogen (secondary N) is 7. The topological polar surface area (TPSA) is 262 Å². The van der Waals surface area contributed by atoms with Gasteiger partial charge in [-0.3, -0.25) is 33.6 Å². The van der Waals surface area contributed by atoms with E-state index in [1.807, 2.05) is 19.0 Å². The molecule has 0 saturated heterocycles. The highest BCUT2D eigenvalue weighted by atomic mass is 16.2. The van der Waals surface area contributed by atoms with Crippen LogP contribution in [0.2, 0.25) is 0 Å². The smallest absolute Gasteiger partial charge is 0.292 e. The average molecular weight is 893 g/mol.